The SMILES string of the molecule is CN(C)c1ccc(/C=C(\NC(=O)c2cccc(F)c2)C(=O)N/N=C\c2ccc([N+](=O)[O-])cc2)cc1. The van der Waals surface area contributed by atoms with E-state index in [-0.39, 0.29) is 16.9 Å². The molecule has 3 rings (SSSR count). The van der Waals surface area contributed by atoms with Crippen molar-refractivity contribution in [2.24, 2.45) is 5.10 Å². The largest absolute Gasteiger partial charge is 0.378 e. The van der Waals surface area contributed by atoms with Crippen LogP contribution in [0.1, 0.15) is 21.5 Å². The number of carbonyl (C=O) groups excluding carboxylic acids is 2. The van der Waals surface area contributed by atoms with Crippen LogP contribution in [-0.2, 0) is 4.79 Å². The van der Waals surface area contributed by atoms with E-state index >= 15 is 0 Å². The number of nitro groups is 1. The number of benzene rings is 3. The number of anilines is 1. The van der Waals surface area contributed by atoms with Crippen LogP contribution in [0.5, 0.6) is 0 Å². The topological polar surface area (TPSA) is 117 Å². The van der Waals surface area contributed by atoms with Crippen molar-refractivity contribution >= 4 is 35.5 Å². The van der Waals surface area contributed by atoms with Crippen LogP contribution >= 0.6 is 0 Å². The van der Waals surface area contributed by atoms with Gasteiger partial charge in [-0.2, -0.15) is 5.10 Å². The zero-order valence-electron chi connectivity index (χ0n) is 18.9. The molecule has 0 aromatic heterocycles. The smallest absolute Gasteiger partial charge is 0.287 e. The van der Waals surface area contributed by atoms with Crippen molar-refractivity contribution in [3.05, 3.63) is 111 Å². The fraction of sp³-hybridized carbons (Fsp3) is 0.0800. The van der Waals surface area contributed by atoms with Gasteiger partial charge in [-0.1, -0.05) is 18.2 Å². The van der Waals surface area contributed by atoms with Gasteiger partial charge in [-0.3, -0.25) is 19.7 Å². The van der Waals surface area contributed by atoms with E-state index in [4.69, 9.17) is 0 Å². The molecular weight excluding hydrogens is 453 g/mol. The Labute approximate surface area is 200 Å². The molecule has 10 heteroatoms. The summed E-state index contributed by atoms with van der Waals surface area (Å²) < 4.78 is 13.5. The maximum absolute atomic E-state index is 13.5. The van der Waals surface area contributed by atoms with E-state index in [1.54, 1.807) is 12.1 Å². The molecule has 0 heterocycles. The Bertz CT molecular complexity index is 1290. The van der Waals surface area contributed by atoms with Crippen molar-refractivity contribution in [2.75, 3.05) is 19.0 Å². The van der Waals surface area contributed by atoms with Gasteiger partial charge in [0.2, 0.25) is 0 Å². The standard InChI is InChI=1S/C25H22FN5O4/c1-30(2)21-10-6-17(7-11-21)14-23(28-24(32)19-4-3-5-20(26)15-19)25(33)29-27-16-18-8-12-22(13-9-18)31(34)35/h3-16H,1-2H3,(H,28,32)(H,29,33)/b23-14-,27-16-. The van der Waals surface area contributed by atoms with Crippen LogP contribution in [0.25, 0.3) is 6.08 Å². The van der Waals surface area contributed by atoms with E-state index in [1.807, 2.05) is 31.1 Å². The number of hydrazone groups is 1. The normalized spacial score (nSPS) is 11.2. The minimum atomic E-state index is -0.718. The van der Waals surface area contributed by atoms with Gasteiger partial charge in [0.05, 0.1) is 11.1 Å². The highest BCUT2D eigenvalue weighted by molar-refractivity contribution is 6.05. The third-order valence-corrected chi connectivity index (χ3v) is 4.78. The number of nitrogens with zero attached hydrogens (tertiary/aromatic N) is 3. The molecule has 9 nitrogen and oxygen atoms in total. The van der Waals surface area contributed by atoms with Crippen LogP contribution in [0, 0.1) is 15.9 Å². The molecule has 178 valence electrons. The number of nitro benzene ring substituents is 1. The summed E-state index contributed by atoms with van der Waals surface area (Å²) in [4.78, 5) is 37.6. The molecule has 35 heavy (non-hydrogen) atoms. The number of nitrogens with one attached hydrogen (secondary N) is 2. The van der Waals surface area contributed by atoms with Crippen molar-refractivity contribution in [1.82, 2.24) is 10.7 Å². The summed E-state index contributed by atoms with van der Waals surface area (Å²) in [6.07, 6.45) is 2.77. The molecule has 0 spiro atoms. The predicted octanol–water partition coefficient (Wildman–Crippen LogP) is 3.72. The average molecular weight is 475 g/mol. The molecule has 0 atom stereocenters. The van der Waals surface area contributed by atoms with Crippen molar-refractivity contribution in [1.29, 1.82) is 0 Å². The third-order valence-electron chi connectivity index (χ3n) is 4.78. The molecule has 0 saturated carbocycles. The van der Waals surface area contributed by atoms with Gasteiger partial charge in [-0.25, -0.2) is 9.82 Å². The molecule has 0 aliphatic rings. The van der Waals surface area contributed by atoms with Crippen LogP contribution in [0.3, 0.4) is 0 Å². The molecule has 2 N–H and O–H groups in total. The van der Waals surface area contributed by atoms with Crippen molar-refractivity contribution in [3.63, 3.8) is 0 Å². The molecule has 0 aliphatic heterocycles. The molecule has 0 fully saturated rings. The first kappa shape index (κ1) is 24.8. The van der Waals surface area contributed by atoms with Gasteiger partial charge >= 0.3 is 0 Å². The Hall–Kier alpha value is -4.86. The van der Waals surface area contributed by atoms with Crippen LogP contribution in [0.2, 0.25) is 0 Å². The maximum Gasteiger partial charge on any atom is 0.287 e. The number of non-ortho nitro benzene ring substituents is 1. The van der Waals surface area contributed by atoms with E-state index in [9.17, 15) is 24.1 Å². The Morgan fingerprint density at radius 3 is 2.26 bits per heavy atom. The quantitative estimate of drug-likeness (QED) is 0.223. The summed E-state index contributed by atoms with van der Waals surface area (Å²) in [7, 11) is 3.79. The van der Waals surface area contributed by atoms with Gasteiger partial charge < -0.3 is 10.2 Å². The molecule has 2 amide bonds. The third kappa shape index (κ3) is 7.06. The molecule has 3 aromatic rings. The number of hydrogen-bond donors (Lipinski definition) is 2. The number of carbonyl (C=O) groups is 2. The van der Waals surface area contributed by atoms with Crippen molar-refractivity contribution in [2.45, 2.75) is 0 Å². The predicted molar refractivity (Wildman–Crippen MR) is 131 cm³/mol. The van der Waals surface area contributed by atoms with E-state index in [0.29, 0.717) is 11.1 Å². The van der Waals surface area contributed by atoms with Crippen molar-refractivity contribution in [3.8, 4) is 0 Å². The first-order valence-corrected chi connectivity index (χ1v) is 10.4. The molecule has 0 bridgehead atoms. The lowest BCUT2D eigenvalue weighted by Crippen LogP contribution is -2.32. The van der Waals surface area contributed by atoms with Gasteiger partial charge in [0, 0.05) is 37.5 Å². The number of halogens is 1. The average Bonchev–Trinajstić information content (AvgIpc) is 2.84. The van der Waals surface area contributed by atoms with E-state index < -0.39 is 22.6 Å². The summed E-state index contributed by atoms with van der Waals surface area (Å²) >= 11 is 0. The zero-order valence-corrected chi connectivity index (χ0v) is 18.9. The molecular formula is C25H22FN5O4. The summed E-state index contributed by atoms with van der Waals surface area (Å²) in [5.41, 5.74) is 4.28. The Kier molecular flexibility index (Phi) is 8.02. The maximum atomic E-state index is 13.5. The summed E-state index contributed by atoms with van der Waals surface area (Å²) in [5.74, 6) is -1.97. The molecule has 0 radical (unpaired) electrons. The van der Waals surface area contributed by atoms with Crippen LogP contribution in [0.15, 0.2) is 83.6 Å². The van der Waals surface area contributed by atoms with Crippen molar-refractivity contribution < 1.29 is 18.9 Å². The van der Waals surface area contributed by atoms with Crippen LogP contribution < -0.4 is 15.6 Å². The lowest BCUT2D eigenvalue weighted by atomic mass is 10.1. The van der Waals surface area contributed by atoms with Gasteiger partial charge in [0.25, 0.3) is 17.5 Å². The lowest BCUT2D eigenvalue weighted by Gasteiger charge is -2.12. The van der Waals surface area contributed by atoms with Gasteiger partial charge in [0.15, 0.2) is 0 Å². The van der Waals surface area contributed by atoms with E-state index in [1.165, 1.54) is 54.8 Å². The fourth-order valence-electron chi connectivity index (χ4n) is 2.93. The second kappa shape index (κ2) is 11.3. The van der Waals surface area contributed by atoms with Crippen LogP contribution in [-0.4, -0.2) is 37.0 Å². The Morgan fingerprint density at radius 1 is 1.00 bits per heavy atom. The summed E-state index contributed by atoms with van der Waals surface area (Å²) in [5, 5.41) is 17.1. The molecule has 0 unspecified atom stereocenters. The number of hydrogen-bond acceptors (Lipinski definition) is 6. The van der Waals surface area contributed by atoms with E-state index in [0.717, 1.165) is 11.8 Å². The van der Waals surface area contributed by atoms with Gasteiger partial charge in [0.1, 0.15) is 11.5 Å². The summed E-state index contributed by atoms with van der Waals surface area (Å²) in [6, 6.07) is 17.9. The highest BCUT2D eigenvalue weighted by atomic mass is 19.1. The highest BCUT2D eigenvalue weighted by Gasteiger charge is 2.15. The minimum absolute atomic E-state index is 0.0426. The monoisotopic (exact) mass is 475 g/mol. The first-order valence-electron chi connectivity index (χ1n) is 10.4. The molecule has 3 aromatic carbocycles. The van der Waals surface area contributed by atoms with Gasteiger partial charge in [-0.05, 0) is 59.7 Å². The van der Waals surface area contributed by atoms with E-state index in [2.05, 4.69) is 15.8 Å². The molecule has 0 saturated heterocycles. The lowest BCUT2D eigenvalue weighted by molar-refractivity contribution is -0.384. The summed E-state index contributed by atoms with van der Waals surface area (Å²) in [6.45, 7) is 0. The number of rotatable bonds is 8. The first-order chi connectivity index (χ1) is 16.7. The number of amides is 2. The molecule has 0 aliphatic carbocycles. The Balaban J connectivity index is 1.81. The minimum Gasteiger partial charge on any atom is -0.378 e. The van der Waals surface area contributed by atoms with Gasteiger partial charge in [-0.15, -0.1) is 0 Å². The second-order valence-electron chi connectivity index (χ2n) is 7.56. The highest BCUT2D eigenvalue weighted by Crippen LogP contribution is 2.15. The zero-order chi connectivity index (χ0) is 25.4. The fourth-order valence-corrected chi connectivity index (χ4v) is 2.93. The Morgan fingerprint density at radius 2 is 1.66 bits per heavy atom. The van der Waals surface area contributed by atoms with Crippen LogP contribution in [0.4, 0.5) is 15.8 Å². The second-order valence-corrected chi connectivity index (χ2v) is 7.56.